The number of nitrogens with one attached hydrogen (secondary N) is 1. The van der Waals surface area contributed by atoms with Crippen molar-refractivity contribution >= 4 is 5.91 Å². The molecule has 3 N–H and O–H groups in total. The first-order valence-electron chi connectivity index (χ1n) is 8.49. The lowest BCUT2D eigenvalue weighted by Crippen LogP contribution is -2.43. The van der Waals surface area contributed by atoms with Crippen LogP contribution < -0.4 is 5.32 Å². The Morgan fingerprint density at radius 1 is 1.24 bits per heavy atom. The van der Waals surface area contributed by atoms with Crippen LogP contribution in [0.3, 0.4) is 0 Å². The molecule has 2 atom stereocenters. The van der Waals surface area contributed by atoms with Crippen LogP contribution in [-0.4, -0.2) is 22.7 Å². The van der Waals surface area contributed by atoms with Crippen LogP contribution in [0.4, 0.5) is 4.39 Å². The Kier molecular flexibility index (Phi) is 5.16. The molecule has 0 saturated carbocycles. The maximum atomic E-state index is 13.2. The Bertz CT molecular complexity index is 764. The topological polar surface area (TPSA) is 69.6 Å². The minimum atomic E-state index is -1.09. The van der Waals surface area contributed by atoms with E-state index in [1.165, 1.54) is 18.2 Å². The SMILES string of the molecule is O=C(C[C@H](O)c1cccc(F)c1)NC[C@@]1(O)CCCc2ccccc21. The van der Waals surface area contributed by atoms with Crippen LogP contribution in [0.15, 0.2) is 48.5 Å². The Hall–Kier alpha value is -2.24. The summed E-state index contributed by atoms with van der Waals surface area (Å²) in [6.07, 6.45) is 1.10. The third-order valence-electron chi connectivity index (χ3n) is 4.75. The van der Waals surface area contributed by atoms with Crippen molar-refractivity contribution in [2.45, 2.75) is 37.4 Å². The largest absolute Gasteiger partial charge is 0.388 e. The maximum absolute atomic E-state index is 13.2. The molecule has 0 saturated heterocycles. The normalized spacial score (nSPS) is 20.6. The van der Waals surface area contributed by atoms with Crippen molar-refractivity contribution in [2.24, 2.45) is 0 Å². The predicted octanol–water partition coefficient (Wildman–Crippen LogP) is 2.59. The molecule has 0 heterocycles. The lowest BCUT2D eigenvalue weighted by Gasteiger charge is -2.34. The van der Waals surface area contributed by atoms with Gasteiger partial charge in [-0.25, -0.2) is 4.39 Å². The van der Waals surface area contributed by atoms with Crippen LogP contribution in [0.25, 0.3) is 0 Å². The molecule has 0 aromatic heterocycles. The first-order valence-corrected chi connectivity index (χ1v) is 8.49. The molecule has 1 aliphatic rings. The molecule has 3 rings (SSSR count). The molecule has 132 valence electrons. The minimum Gasteiger partial charge on any atom is -0.388 e. The number of aliphatic hydroxyl groups is 2. The smallest absolute Gasteiger partial charge is 0.223 e. The number of aryl methyl sites for hydroxylation is 1. The third-order valence-corrected chi connectivity index (χ3v) is 4.75. The highest BCUT2D eigenvalue weighted by molar-refractivity contribution is 5.76. The third kappa shape index (κ3) is 4.06. The summed E-state index contributed by atoms with van der Waals surface area (Å²) in [4.78, 5) is 12.1. The van der Waals surface area contributed by atoms with Gasteiger partial charge in [0.15, 0.2) is 0 Å². The molecule has 2 aromatic rings. The Morgan fingerprint density at radius 3 is 2.84 bits per heavy atom. The monoisotopic (exact) mass is 343 g/mol. The standard InChI is InChI=1S/C20H22FNO3/c21-16-8-3-6-15(11-16)18(23)12-19(24)22-13-20(25)10-4-7-14-5-1-2-9-17(14)20/h1-3,5-6,8-9,11,18,23,25H,4,7,10,12-13H2,(H,22,24)/t18-,20-/m0/s1. The van der Waals surface area contributed by atoms with Crippen molar-refractivity contribution < 1.29 is 19.4 Å². The van der Waals surface area contributed by atoms with E-state index in [1.807, 2.05) is 24.3 Å². The molecule has 0 aliphatic heterocycles. The lowest BCUT2D eigenvalue weighted by atomic mass is 9.79. The summed E-state index contributed by atoms with van der Waals surface area (Å²) in [5.41, 5.74) is 1.23. The van der Waals surface area contributed by atoms with Gasteiger partial charge in [0.05, 0.1) is 19.1 Å². The summed E-state index contributed by atoms with van der Waals surface area (Å²) < 4.78 is 13.2. The second-order valence-electron chi connectivity index (χ2n) is 6.59. The average Bonchev–Trinajstić information content (AvgIpc) is 2.60. The Balaban J connectivity index is 1.61. The highest BCUT2D eigenvalue weighted by Crippen LogP contribution is 2.34. The first-order chi connectivity index (χ1) is 12.0. The van der Waals surface area contributed by atoms with Gasteiger partial charge in [0.25, 0.3) is 0 Å². The number of carbonyl (C=O) groups excluding carboxylic acids is 1. The van der Waals surface area contributed by atoms with E-state index in [0.29, 0.717) is 12.0 Å². The van der Waals surface area contributed by atoms with Gasteiger partial charge >= 0.3 is 0 Å². The van der Waals surface area contributed by atoms with Crippen molar-refractivity contribution in [2.75, 3.05) is 6.54 Å². The van der Waals surface area contributed by atoms with Crippen molar-refractivity contribution in [3.63, 3.8) is 0 Å². The fourth-order valence-electron chi connectivity index (χ4n) is 3.41. The maximum Gasteiger partial charge on any atom is 0.223 e. The average molecular weight is 343 g/mol. The highest BCUT2D eigenvalue weighted by atomic mass is 19.1. The molecule has 0 bridgehead atoms. The van der Waals surface area contributed by atoms with Gasteiger partial charge in [-0.1, -0.05) is 36.4 Å². The second kappa shape index (κ2) is 7.33. The molecule has 0 unspecified atom stereocenters. The quantitative estimate of drug-likeness (QED) is 0.782. The molecule has 0 spiro atoms. The van der Waals surface area contributed by atoms with Gasteiger partial charge in [0.1, 0.15) is 11.4 Å². The second-order valence-corrected chi connectivity index (χ2v) is 6.59. The molecule has 1 aliphatic carbocycles. The Morgan fingerprint density at radius 2 is 2.04 bits per heavy atom. The molecular formula is C20H22FNO3. The number of amides is 1. The van der Waals surface area contributed by atoms with E-state index in [2.05, 4.69) is 5.32 Å². The van der Waals surface area contributed by atoms with Gasteiger partial charge in [0.2, 0.25) is 5.91 Å². The van der Waals surface area contributed by atoms with E-state index in [-0.39, 0.29) is 18.9 Å². The summed E-state index contributed by atoms with van der Waals surface area (Å²) in [5.74, 6) is -0.835. The van der Waals surface area contributed by atoms with E-state index in [1.54, 1.807) is 6.07 Å². The molecule has 5 heteroatoms. The highest BCUT2D eigenvalue weighted by Gasteiger charge is 2.34. The summed E-state index contributed by atoms with van der Waals surface area (Å²) >= 11 is 0. The lowest BCUT2D eigenvalue weighted by molar-refractivity contribution is -0.124. The Labute approximate surface area is 146 Å². The van der Waals surface area contributed by atoms with Crippen molar-refractivity contribution in [1.82, 2.24) is 5.32 Å². The summed E-state index contributed by atoms with van der Waals surface area (Å²) in [7, 11) is 0. The summed E-state index contributed by atoms with van der Waals surface area (Å²) in [5, 5.41) is 23.7. The van der Waals surface area contributed by atoms with Crippen LogP contribution in [0.1, 0.15) is 42.1 Å². The van der Waals surface area contributed by atoms with Crippen molar-refractivity contribution in [1.29, 1.82) is 0 Å². The van der Waals surface area contributed by atoms with E-state index in [0.717, 1.165) is 24.0 Å². The number of rotatable bonds is 5. The van der Waals surface area contributed by atoms with Crippen LogP contribution in [0, 0.1) is 5.82 Å². The van der Waals surface area contributed by atoms with E-state index in [4.69, 9.17) is 0 Å². The van der Waals surface area contributed by atoms with E-state index < -0.39 is 17.5 Å². The van der Waals surface area contributed by atoms with Crippen LogP contribution in [-0.2, 0) is 16.8 Å². The number of halogens is 1. The molecule has 0 radical (unpaired) electrons. The molecular weight excluding hydrogens is 321 g/mol. The zero-order valence-electron chi connectivity index (χ0n) is 13.9. The van der Waals surface area contributed by atoms with Gasteiger partial charge in [-0.15, -0.1) is 0 Å². The zero-order chi connectivity index (χ0) is 17.9. The molecule has 4 nitrogen and oxygen atoms in total. The van der Waals surface area contributed by atoms with Crippen LogP contribution in [0.5, 0.6) is 0 Å². The van der Waals surface area contributed by atoms with Crippen molar-refractivity contribution in [3.05, 3.63) is 71.0 Å². The number of benzene rings is 2. The number of fused-ring (bicyclic) bond motifs is 1. The summed E-state index contributed by atoms with van der Waals surface area (Å²) in [6, 6.07) is 13.3. The van der Waals surface area contributed by atoms with Gasteiger partial charge in [-0.3, -0.25) is 4.79 Å². The number of carbonyl (C=O) groups is 1. The number of hydrogen-bond acceptors (Lipinski definition) is 3. The van der Waals surface area contributed by atoms with E-state index in [9.17, 15) is 19.4 Å². The van der Waals surface area contributed by atoms with E-state index >= 15 is 0 Å². The van der Waals surface area contributed by atoms with Gasteiger partial charge in [0, 0.05) is 0 Å². The zero-order valence-corrected chi connectivity index (χ0v) is 13.9. The fourth-order valence-corrected chi connectivity index (χ4v) is 3.41. The van der Waals surface area contributed by atoms with Gasteiger partial charge in [-0.2, -0.15) is 0 Å². The van der Waals surface area contributed by atoms with Crippen LogP contribution in [0.2, 0.25) is 0 Å². The molecule has 1 amide bonds. The molecule has 0 fully saturated rings. The van der Waals surface area contributed by atoms with Gasteiger partial charge < -0.3 is 15.5 Å². The fraction of sp³-hybridized carbons (Fsp3) is 0.350. The molecule has 2 aromatic carbocycles. The van der Waals surface area contributed by atoms with Crippen LogP contribution >= 0.6 is 0 Å². The first kappa shape index (κ1) is 17.6. The van der Waals surface area contributed by atoms with Gasteiger partial charge in [-0.05, 0) is 48.1 Å². The summed E-state index contributed by atoms with van der Waals surface area (Å²) in [6.45, 7) is 0.0959. The molecule has 25 heavy (non-hydrogen) atoms. The number of aliphatic hydroxyl groups excluding tert-OH is 1. The van der Waals surface area contributed by atoms with Crippen molar-refractivity contribution in [3.8, 4) is 0 Å². The number of hydrogen-bond donors (Lipinski definition) is 3. The minimum absolute atomic E-state index is 0.0959. The predicted molar refractivity (Wildman–Crippen MR) is 92.3 cm³/mol.